The number of benzene rings is 1. The van der Waals surface area contributed by atoms with E-state index in [1.54, 1.807) is 14.0 Å². The molecule has 1 atom stereocenters. The molecule has 1 nitrogen and oxygen atoms in total. The molecule has 1 aromatic carbocycles. The summed E-state index contributed by atoms with van der Waals surface area (Å²) >= 11 is 0. The summed E-state index contributed by atoms with van der Waals surface area (Å²) < 4.78 is 26.8. The van der Waals surface area contributed by atoms with E-state index in [9.17, 15) is 8.78 Å². The quantitative estimate of drug-likeness (QED) is 0.788. The maximum atomic E-state index is 14.0. The van der Waals surface area contributed by atoms with Gasteiger partial charge in [0.2, 0.25) is 0 Å². The smallest absolute Gasteiger partial charge is 0.145 e. The summed E-state index contributed by atoms with van der Waals surface area (Å²) in [5.41, 5.74) is -0.273. The van der Waals surface area contributed by atoms with Crippen LogP contribution in [-0.2, 0) is 5.67 Å². The Kier molecular flexibility index (Phi) is 3.21. The van der Waals surface area contributed by atoms with Gasteiger partial charge >= 0.3 is 0 Å². The lowest BCUT2D eigenvalue weighted by molar-refractivity contribution is 0.189. The highest BCUT2D eigenvalue weighted by Gasteiger charge is 2.26. The van der Waals surface area contributed by atoms with Crippen molar-refractivity contribution in [3.8, 4) is 0 Å². The maximum Gasteiger partial charge on any atom is 0.145 e. The van der Waals surface area contributed by atoms with Crippen molar-refractivity contribution < 1.29 is 8.78 Å². The molecule has 0 aliphatic heterocycles. The van der Waals surface area contributed by atoms with Gasteiger partial charge in [-0.3, -0.25) is 0 Å². The molecule has 1 N–H and O–H groups in total. The summed E-state index contributed by atoms with van der Waals surface area (Å²) in [5, 5.41) is 2.78. The van der Waals surface area contributed by atoms with Gasteiger partial charge < -0.3 is 5.32 Å². The Labute approximate surface area is 83.1 Å². The molecule has 0 aliphatic carbocycles. The predicted octanol–water partition coefficient (Wildman–Crippen LogP) is 2.54. The number of nitrogens with one attached hydrogen (secondary N) is 1. The second kappa shape index (κ2) is 4.05. The molecule has 78 valence electrons. The fraction of sp³-hybridized carbons (Fsp3) is 0.455. The van der Waals surface area contributed by atoms with E-state index < -0.39 is 5.67 Å². The number of hydrogen-bond acceptors (Lipinski definition) is 1. The first kappa shape index (κ1) is 11.1. The van der Waals surface area contributed by atoms with Gasteiger partial charge in [0, 0.05) is 6.54 Å². The van der Waals surface area contributed by atoms with Gasteiger partial charge in [0.25, 0.3) is 0 Å². The first-order valence-electron chi connectivity index (χ1n) is 4.57. The molecule has 0 amide bonds. The summed E-state index contributed by atoms with van der Waals surface area (Å²) in [6.45, 7) is 3.43. The van der Waals surface area contributed by atoms with Crippen LogP contribution in [0.15, 0.2) is 18.2 Å². The largest absolute Gasteiger partial charge is 0.316 e. The van der Waals surface area contributed by atoms with E-state index in [-0.39, 0.29) is 12.4 Å². The Bertz CT molecular complexity index is 321. The molecular weight excluding hydrogens is 184 g/mol. The minimum absolute atomic E-state index is 0.222. The highest BCUT2D eigenvalue weighted by atomic mass is 19.1. The van der Waals surface area contributed by atoms with Gasteiger partial charge in [-0.25, -0.2) is 8.78 Å². The number of rotatable bonds is 3. The van der Waals surface area contributed by atoms with Crippen LogP contribution in [0.25, 0.3) is 0 Å². The van der Waals surface area contributed by atoms with Gasteiger partial charge in [-0.05, 0) is 44.2 Å². The number of alkyl halides is 1. The van der Waals surface area contributed by atoms with Crippen molar-refractivity contribution in [2.75, 3.05) is 13.6 Å². The highest BCUT2D eigenvalue weighted by Crippen LogP contribution is 2.27. The SMILES string of the molecule is CNCC(C)(F)c1ccc(F)cc1C. The number of aryl methyl sites for hydroxylation is 1. The molecule has 3 heteroatoms. The van der Waals surface area contributed by atoms with Gasteiger partial charge in [-0.2, -0.15) is 0 Å². The highest BCUT2D eigenvalue weighted by molar-refractivity contribution is 5.31. The molecule has 14 heavy (non-hydrogen) atoms. The first-order chi connectivity index (χ1) is 6.47. The zero-order chi connectivity index (χ0) is 10.8. The van der Waals surface area contributed by atoms with E-state index in [4.69, 9.17) is 0 Å². The van der Waals surface area contributed by atoms with Crippen molar-refractivity contribution in [1.82, 2.24) is 5.32 Å². The van der Waals surface area contributed by atoms with Crippen LogP contribution in [0.5, 0.6) is 0 Å². The predicted molar refractivity (Wildman–Crippen MR) is 53.5 cm³/mol. The minimum atomic E-state index is -1.45. The molecule has 1 rings (SSSR count). The van der Waals surface area contributed by atoms with E-state index in [0.29, 0.717) is 11.1 Å². The van der Waals surface area contributed by atoms with Crippen LogP contribution in [0.3, 0.4) is 0 Å². The monoisotopic (exact) mass is 199 g/mol. The lowest BCUT2D eigenvalue weighted by Crippen LogP contribution is -2.30. The molecule has 0 aliphatic rings. The van der Waals surface area contributed by atoms with Gasteiger partial charge in [-0.1, -0.05) is 6.07 Å². The fourth-order valence-electron chi connectivity index (χ4n) is 1.64. The van der Waals surface area contributed by atoms with Crippen LogP contribution in [-0.4, -0.2) is 13.6 Å². The molecule has 0 fully saturated rings. The average Bonchev–Trinajstić information content (AvgIpc) is 2.02. The molecule has 0 saturated carbocycles. The normalized spacial score (nSPS) is 15.2. The Morgan fingerprint density at radius 3 is 2.57 bits per heavy atom. The Morgan fingerprint density at radius 2 is 2.07 bits per heavy atom. The molecule has 0 saturated heterocycles. The second-order valence-corrected chi connectivity index (χ2v) is 3.69. The molecular formula is C11H15F2N. The minimum Gasteiger partial charge on any atom is -0.316 e. The van der Waals surface area contributed by atoms with Crippen LogP contribution < -0.4 is 5.32 Å². The summed E-state index contributed by atoms with van der Waals surface area (Å²) in [7, 11) is 1.69. The standard InChI is InChI=1S/C11H15F2N/c1-8-6-9(12)4-5-10(8)11(2,13)7-14-3/h4-6,14H,7H2,1-3H3. The number of halogens is 2. The summed E-state index contributed by atoms with van der Waals surface area (Å²) in [5.74, 6) is -0.327. The third-order valence-corrected chi connectivity index (χ3v) is 2.26. The molecule has 1 unspecified atom stereocenters. The van der Waals surface area contributed by atoms with Gasteiger partial charge in [0.15, 0.2) is 0 Å². The van der Waals surface area contributed by atoms with Crippen molar-refractivity contribution in [3.63, 3.8) is 0 Å². The van der Waals surface area contributed by atoms with E-state index in [1.807, 2.05) is 0 Å². The van der Waals surface area contributed by atoms with Crippen LogP contribution in [0.2, 0.25) is 0 Å². The Hall–Kier alpha value is -0.960. The molecule has 0 aromatic heterocycles. The van der Waals surface area contributed by atoms with Crippen molar-refractivity contribution in [3.05, 3.63) is 35.1 Å². The lowest BCUT2D eigenvalue weighted by Gasteiger charge is -2.22. The van der Waals surface area contributed by atoms with Crippen molar-refractivity contribution in [2.45, 2.75) is 19.5 Å². The third-order valence-electron chi connectivity index (χ3n) is 2.26. The molecule has 1 aromatic rings. The van der Waals surface area contributed by atoms with Crippen LogP contribution in [0, 0.1) is 12.7 Å². The Morgan fingerprint density at radius 1 is 1.43 bits per heavy atom. The Balaban J connectivity index is 3.06. The third kappa shape index (κ3) is 2.29. The topological polar surface area (TPSA) is 12.0 Å². The summed E-state index contributed by atoms with van der Waals surface area (Å²) in [6, 6.07) is 4.14. The number of likely N-dealkylation sites (N-methyl/N-ethyl adjacent to an activating group) is 1. The van der Waals surface area contributed by atoms with Gasteiger partial charge in [-0.15, -0.1) is 0 Å². The molecule has 0 heterocycles. The van der Waals surface area contributed by atoms with Crippen molar-refractivity contribution >= 4 is 0 Å². The van der Waals surface area contributed by atoms with Crippen LogP contribution >= 0.6 is 0 Å². The summed E-state index contributed by atoms with van der Waals surface area (Å²) in [4.78, 5) is 0. The molecule has 0 spiro atoms. The van der Waals surface area contributed by atoms with Gasteiger partial charge in [0.1, 0.15) is 11.5 Å². The van der Waals surface area contributed by atoms with E-state index in [2.05, 4.69) is 5.32 Å². The van der Waals surface area contributed by atoms with Crippen LogP contribution in [0.1, 0.15) is 18.1 Å². The lowest BCUT2D eigenvalue weighted by atomic mass is 9.93. The maximum absolute atomic E-state index is 14.0. The zero-order valence-corrected chi connectivity index (χ0v) is 8.70. The fourth-order valence-corrected chi connectivity index (χ4v) is 1.64. The average molecular weight is 199 g/mol. The van der Waals surface area contributed by atoms with E-state index in [1.165, 1.54) is 25.1 Å². The van der Waals surface area contributed by atoms with E-state index >= 15 is 0 Å². The molecule has 0 bridgehead atoms. The van der Waals surface area contributed by atoms with Gasteiger partial charge in [0.05, 0.1) is 0 Å². The van der Waals surface area contributed by atoms with Crippen LogP contribution in [0.4, 0.5) is 8.78 Å². The van der Waals surface area contributed by atoms with Crippen molar-refractivity contribution in [2.24, 2.45) is 0 Å². The first-order valence-corrected chi connectivity index (χ1v) is 4.57. The van der Waals surface area contributed by atoms with E-state index in [0.717, 1.165) is 0 Å². The zero-order valence-electron chi connectivity index (χ0n) is 8.70. The number of hydrogen-bond donors (Lipinski definition) is 1. The van der Waals surface area contributed by atoms with Crippen molar-refractivity contribution in [1.29, 1.82) is 0 Å². The second-order valence-electron chi connectivity index (χ2n) is 3.69. The molecule has 0 radical (unpaired) electrons. The summed E-state index contributed by atoms with van der Waals surface area (Å²) in [6.07, 6.45) is 0.